The number of hydrogen-bond acceptors (Lipinski definition) is 1. The summed E-state index contributed by atoms with van der Waals surface area (Å²) < 4.78 is 0.346. The van der Waals surface area contributed by atoms with Crippen LogP contribution >= 0.6 is 46.6 Å². The predicted octanol–water partition coefficient (Wildman–Crippen LogP) is 3.84. The van der Waals surface area contributed by atoms with E-state index < -0.39 is 11.7 Å². The van der Waals surface area contributed by atoms with Crippen LogP contribution in [0.2, 0.25) is 13.1 Å². The van der Waals surface area contributed by atoms with Gasteiger partial charge in [0.1, 0.15) is 0 Å². The van der Waals surface area contributed by atoms with E-state index in [0.717, 1.165) is 5.56 Å². The molecule has 7 heteroatoms. The van der Waals surface area contributed by atoms with Gasteiger partial charge in [0, 0.05) is 6.54 Å². The first-order chi connectivity index (χ1) is 7.25. The van der Waals surface area contributed by atoms with Gasteiger partial charge < -0.3 is 0 Å². The second-order valence-corrected chi connectivity index (χ2v) is 12.4. The van der Waals surface area contributed by atoms with Gasteiger partial charge in [0.2, 0.25) is 0 Å². The molecule has 0 atom stereocenters. The molecule has 0 saturated heterocycles. The first-order valence-corrected chi connectivity index (χ1v) is 9.21. The summed E-state index contributed by atoms with van der Waals surface area (Å²) in [6.07, 6.45) is 0. The first kappa shape index (κ1) is 18.4. The number of halogens is 4. The molecule has 0 saturated carbocycles. The molecule has 0 aliphatic heterocycles. The molecule has 96 valence electrons. The van der Waals surface area contributed by atoms with Crippen LogP contribution in [-0.2, 0) is 6.54 Å². The summed E-state index contributed by atoms with van der Waals surface area (Å²) in [6.45, 7) is 4.43. The van der Waals surface area contributed by atoms with E-state index in [1.54, 1.807) is 4.08 Å². The van der Waals surface area contributed by atoms with Crippen molar-refractivity contribution >= 4 is 78.7 Å². The fourth-order valence-electron chi connectivity index (χ4n) is 1.08. The normalized spacial score (nSPS) is 12.4. The van der Waals surface area contributed by atoms with Crippen molar-refractivity contribution in [2.24, 2.45) is 0 Å². The van der Waals surface area contributed by atoms with Gasteiger partial charge in [-0.1, -0.05) is 78.2 Å². The van der Waals surface area contributed by atoms with Crippen LogP contribution in [0.4, 0.5) is 0 Å². The summed E-state index contributed by atoms with van der Waals surface area (Å²) in [4.78, 5) is 0. The monoisotopic (exact) mass is 437 g/mol. The number of benzene rings is 1. The third-order valence-corrected chi connectivity index (χ3v) is 10.8. The Kier molecular flexibility index (Phi) is 7.80. The van der Waals surface area contributed by atoms with Gasteiger partial charge in [-0.15, -0.1) is 0 Å². The van der Waals surface area contributed by atoms with Gasteiger partial charge in [-0.05, 0) is 17.3 Å². The van der Waals surface area contributed by atoms with Crippen LogP contribution in [0.25, 0.3) is 0 Å². The van der Waals surface area contributed by atoms with Crippen LogP contribution in [0.5, 0.6) is 0 Å². The van der Waals surface area contributed by atoms with Crippen LogP contribution in [-0.4, -0.2) is 39.6 Å². The number of nitrogens with zero attached hydrogens (tertiary/aromatic N) is 1. The molecule has 17 heavy (non-hydrogen) atoms. The molecular weight excluding hydrogens is 423 g/mol. The Hall–Kier alpha value is 1.36. The van der Waals surface area contributed by atoms with Crippen molar-refractivity contribution in [1.29, 1.82) is 0 Å². The van der Waals surface area contributed by atoms with Crippen molar-refractivity contribution in [1.82, 2.24) is 4.08 Å². The molecule has 0 bridgehead atoms. The first-order valence-electron chi connectivity index (χ1n) is 4.79. The molecule has 0 aliphatic carbocycles. The van der Waals surface area contributed by atoms with Gasteiger partial charge in [0.25, 0.3) is 0 Å². The summed E-state index contributed by atoms with van der Waals surface area (Å²) in [5.74, 6) is 0. The van der Waals surface area contributed by atoms with E-state index in [-0.39, 0.29) is 23.9 Å². The fourth-order valence-corrected chi connectivity index (χ4v) is 3.76. The van der Waals surface area contributed by atoms with Crippen LogP contribution in [0.3, 0.4) is 0 Å². The van der Waals surface area contributed by atoms with E-state index >= 15 is 0 Å². The quantitative estimate of drug-likeness (QED) is 0.394. The number of hydrogen-bond donors (Lipinski definition) is 0. The Morgan fingerprint density at radius 3 is 2.00 bits per heavy atom. The maximum atomic E-state index is 6.23. The van der Waals surface area contributed by atoms with Crippen LogP contribution in [0.15, 0.2) is 30.3 Å². The Balaban J connectivity index is 0.00000256. The third kappa shape index (κ3) is 5.09. The minimum absolute atomic E-state index is 0. The van der Waals surface area contributed by atoms with Crippen molar-refractivity contribution in [3.8, 4) is 0 Å². The Bertz CT molecular complexity index is 342. The number of alkyl halides is 3. The third-order valence-electron chi connectivity index (χ3n) is 2.46. The summed E-state index contributed by atoms with van der Waals surface area (Å²) in [6, 6.07) is 9.88. The zero-order valence-electron chi connectivity index (χ0n) is 9.76. The second-order valence-electron chi connectivity index (χ2n) is 4.06. The van der Waals surface area contributed by atoms with Crippen LogP contribution in [0.1, 0.15) is 5.56 Å². The molecule has 2 radical (unpaired) electrons. The maximum absolute atomic E-state index is 6.23. The van der Waals surface area contributed by atoms with Crippen molar-refractivity contribution in [3.63, 3.8) is 0 Å². The second kappa shape index (κ2) is 7.22. The van der Waals surface area contributed by atoms with E-state index in [4.69, 9.17) is 46.6 Å². The Morgan fingerprint density at radius 1 is 1.12 bits per heavy atom. The van der Waals surface area contributed by atoms with Gasteiger partial charge in [0.15, 0.2) is 11.7 Å². The van der Waals surface area contributed by atoms with E-state index in [1.165, 1.54) is 0 Å². The molecule has 0 spiro atoms. The van der Waals surface area contributed by atoms with Gasteiger partial charge in [0.05, 0.1) is 0 Å². The molecule has 1 aromatic rings. The standard InChI is InChI=1S/C10H13Cl4NSi.Sn.2H/c1-16(2,10(11,12)13)15(14)8-9-6-4-3-5-7-9;;;/h3-7H,8H2,1-2H3;;;. The summed E-state index contributed by atoms with van der Waals surface area (Å²) >= 11 is 24.1. The predicted molar refractivity (Wildman–Crippen MR) is 84.2 cm³/mol. The molecule has 1 rings (SSSR count). The van der Waals surface area contributed by atoms with E-state index in [9.17, 15) is 0 Å². The van der Waals surface area contributed by atoms with Gasteiger partial charge in [-0.3, -0.25) is 0 Å². The molecule has 0 N–H and O–H groups in total. The summed E-state index contributed by atoms with van der Waals surface area (Å²) in [5, 5.41) is 0. The molecule has 0 fully saturated rings. The average Bonchev–Trinajstić information content (AvgIpc) is 2.17. The van der Waals surface area contributed by atoms with Gasteiger partial charge in [-0.25, -0.2) is 4.08 Å². The van der Waals surface area contributed by atoms with Gasteiger partial charge >= 0.3 is 23.9 Å². The molecule has 0 aliphatic rings. The van der Waals surface area contributed by atoms with E-state index in [1.807, 2.05) is 43.4 Å². The average molecular weight is 438 g/mol. The Labute approximate surface area is 141 Å². The topological polar surface area (TPSA) is 3.24 Å². The zero-order chi connectivity index (χ0) is 12.4. The van der Waals surface area contributed by atoms with Crippen molar-refractivity contribution in [3.05, 3.63) is 35.9 Å². The summed E-state index contributed by atoms with van der Waals surface area (Å²) in [7, 11) is -2.30. The molecule has 1 nitrogen and oxygen atoms in total. The Morgan fingerprint density at radius 2 is 1.59 bits per heavy atom. The van der Waals surface area contributed by atoms with Crippen LogP contribution in [0, 0.1) is 0 Å². The van der Waals surface area contributed by atoms with Crippen molar-refractivity contribution in [2.45, 2.75) is 23.1 Å². The van der Waals surface area contributed by atoms with E-state index in [2.05, 4.69) is 0 Å². The molecule has 1 aromatic carbocycles. The fraction of sp³-hybridized carbons (Fsp3) is 0.400. The number of rotatable bonds is 3. The molecule has 0 aromatic heterocycles. The SMILES string of the molecule is C[Si](C)(N(Cl)Cc1ccccc1)C(Cl)(Cl)Cl.[SnH2]. The summed E-state index contributed by atoms with van der Waals surface area (Å²) in [5.41, 5.74) is 1.10. The zero-order valence-corrected chi connectivity index (χ0v) is 17.8. The van der Waals surface area contributed by atoms with Gasteiger partial charge in [-0.2, -0.15) is 0 Å². The molecule has 0 heterocycles. The molecular formula is C10H15Cl4NSiSn. The van der Waals surface area contributed by atoms with E-state index in [0.29, 0.717) is 6.54 Å². The molecule has 0 amide bonds. The van der Waals surface area contributed by atoms with Crippen molar-refractivity contribution in [2.75, 3.05) is 0 Å². The van der Waals surface area contributed by atoms with Crippen LogP contribution < -0.4 is 0 Å². The van der Waals surface area contributed by atoms with Crippen molar-refractivity contribution < 1.29 is 0 Å². The minimum atomic E-state index is -2.30. The molecule has 0 unspecified atom stereocenters.